The first-order valence-electron chi connectivity index (χ1n) is 8.19. The van der Waals surface area contributed by atoms with Gasteiger partial charge in [0.15, 0.2) is 0 Å². The third-order valence-corrected chi connectivity index (χ3v) is 7.54. The van der Waals surface area contributed by atoms with Crippen LogP contribution in [0.4, 0.5) is 0 Å². The lowest BCUT2D eigenvalue weighted by Gasteiger charge is -2.31. The monoisotopic (exact) mass is 344 g/mol. The molecule has 0 N–H and O–H groups in total. The van der Waals surface area contributed by atoms with Crippen LogP contribution in [-0.4, -0.2) is 25.2 Å². The summed E-state index contributed by atoms with van der Waals surface area (Å²) in [5.41, 5.74) is 2.17. The molecule has 0 aromatic heterocycles. The van der Waals surface area contributed by atoms with Gasteiger partial charge in [-0.05, 0) is 38.2 Å². The van der Waals surface area contributed by atoms with Crippen LogP contribution >= 0.6 is 7.92 Å². The van der Waals surface area contributed by atoms with E-state index >= 15 is 0 Å². The minimum absolute atomic E-state index is 0.158. The zero-order chi connectivity index (χ0) is 17.5. The van der Waals surface area contributed by atoms with Crippen molar-refractivity contribution in [3.05, 3.63) is 36.4 Å². The van der Waals surface area contributed by atoms with Crippen LogP contribution in [0, 0.1) is 0 Å². The predicted octanol–water partition coefficient (Wildman–Crippen LogP) is 5.01. The molecule has 24 heavy (non-hydrogen) atoms. The first-order valence-corrected chi connectivity index (χ1v) is 9.60. The van der Waals surface area contributed by atoms with Crippen LogP contribution in [0.5, 0.6) is 17.2 Å². The maximum Gasteiger partial charge on any atom is 0.130 e. The molecule has 1 aliphatic rings. The number of fused-ring (bicyclic) bond motifs is 1. The van der Waals surface area contributed by atoms with E-state index in [1.54, 1.807) is 14.2 Å². The summed E-state index contributed by atoms with van der Waals surface area (Å²) in [6.07, 6.45) is 0. The summed E-state index contributed by atoms with van der Waals surface area (Å²) in [5, 5.41) is 1.47. The highest BCUT2D eigenvalue weighted by Crippen LogP contribution is 2.60. The first-order chi connectivity index (χ1) is 11.4. The Morgan fingerprint density at radius 2 is 1.54 bits per heavy atom. The summed E-state index contributed by atoms with van der Waals surface area (Å²) in [6.45, 7) is 9.07. The Bertz CT molecular complexity index is 727. The largest absolute Gasteiger partial charge is 0.496 e. The third kappa shape index (κ3) is 2.75. The van der Waals surface area contributed by atoms with E-state index in [-0.39, 0.29) is 11.0 Å². The van der Waals surface area contributed by atoms with Crippen LogP contribution in [0.2, 0.25) is 0 Å². The zero-order valence-electron chi connectivity index (χ0n) is 15.2. The predicted molar refractivity (Wildman–Crippen MR) is 101 cm³/mol. The van der Waals surface area contributed by atoms with Crippen molar-refractivity contribution in [2.45, 2.75) is 38.7 Å². The van der Waals surface area contributed by atoms with Gasteiger partial charge in [0.05, 0.1) is 19.8 Å². The second-order valence-electron chi connectivity index (χ2n) is 6.95. The molecule has 2 atom stereocenters. The van der Waals surface area contributed by atoms with Gasteiger partial charge in [-0.25, -0.2) is 0 Å². The molecule has 4 heteroatoms. The fraction of sp³-hybridized carbons (Fsp3) is 0.400. The average Bonchev–Trinajstić information content (AvgIpc) is 2.89. The molecule has 128 valence electrons. The average molecular weight is 344 g/mol. The highest BCUT2D eigenvalue weighted by Gasteiger charge is 2.41. The van der Waals surface area contributed by atoms with Gasteiger partial charge in [-0.3, -0.25) is 0 Å². The number of benzene rings is 2. The topological polar surface area (TPSA) is 27.7 Å². The molecule has 1 heterocycles. The van der Waals surface area contributed by atoms with Crippen molar-refractivity contribution in [2.24, 2.45) is 0 Å². The normalized spacial score (nSPS) is 19.6. The lowest BCUT2D eigenvalue weighted by molar-refractivity contribution is 0.313. The second-order valence-corrected chi connectivity index (χ2v) is 10.2. The molecule has 0 radical (unpaired) electrons. The quantitative estimate of drug-likeness (QED) is 0.732. The lowest BCUT2D eigenvalue weighted by atomic mass is 10.0. The van der Waals surface area contributed by atoms with Crippen molar-refractivity contribution < 1.29 is 14.2 Å². The van der Waals surface area contributed by atoms with E-state index < -0.39 is 7.92 Å². The fourth-order valence-electron chi connectivity index (χ4n) is 3.48. The van der Waals surface area contributed by atoms with Crippen molar-refractivity contribution in [2.75, 3.05) is 14.2 Å². The summed E-state index contributed by atoms with van der Waals surface area (Å²) < 4.78 is 17.5. The van der Waals surface area contributed by atoms with Crippen molar-refractivity contribution in [1.82, 2.24) is 0 Å². The van der Waals surface area contributed by atoms with E-state index in [4.69, 9.17) is 14.2 Å². The molecule has 1 aliphatic heterocycles. The summed E-state index contributed by atoms with van der Waals surface area (Å²) >= 11 is 0. The van der Waals surface area contributed by atoms with E-state index in [9.17, 15) is 0 Å². The first kappa shape index (κ1) is 17.1. The number of hydrogen-bond donors (Lipinski definition) is 0. The van der Waals surface area contributed by atoms with Crippen LogP contribution in [0.1, 0.15) is 27.7 Å². The highest BCUT2D eigenvalue weighted by molar-refractivity contribution is 7.68. The molecule has 3 nitrogen and oxygen atoms in total. The summed E-state index contributed by atoms with van der Waals surface area (Å²) in [6, 6.07) is 12.2. The van der Waals surface area contributed by atoms with Gasteiger partial charge in [0.1, 0.15) is 23.1 Å². The van der Waals surface area contributed by atoms with Crippen LogP contribution < -0.4 is 19.5 Å². The number of ether oxygens (including phenoxy) is 3. The Labute approximate surface area is 145 Å². The maximum absolute atomic E-state index is 6.20. The Morgan fingerprint density at radius 3 is 2.08 bits per heavy atom. The molecule has 2 aromatic rings. The smallest absolute Gasteiger partial charge is 0.130 e. The van der Waals surface area contributed by atoms with Crippen molar-refractivity contribution in [3.63, 3.8) is 0 Å². The molecule has 0 fully saturated rings. The third-order valence-electron chi connectivity index (χ3n) is 4.32. The molecular weight excluding hydrogens is 319 g/mol. The van der Waals surface area contributed by atoms with Crippen molar-refractivity contribution in [3.8, 4) is 28.4 Å². The molecule has 0 amide bonds. The van der Waals surface area contributed by atoms with E-state index in [0.717, 1.165) is 28.4 Å². The number of methoxy groups -OCH3 is 2. The van der Waals surface area contributed by atoms with Crippen LogP contribution in [0.25, 0.3) is 11.1 Å². The van der Waals surface area contributed by atoms with Gasteiger partial charge in [0.25, 0.3) is 0 Å². The Morgan fingerprint density at radius 1 is 0.958 bits per heavy atom. The SMILES string of the molecule is COc1cccc(OC)c1-c1cccc2c1P(C(C)(C)C)C(C)O2. The number of rotatable bonds is 3. The molecule has 3 rings (SSSR count). The van der Waals surface area contributed by atoms with Crippen LogP contribution in [-0.2, 0) is 0 Å². The maximum atomic E-state index is 6.20. The number of hydrogen-bond acceptors (Lipinski definition) is 3. The van der Waals surface area contributed by atoms with Crippen LogP contribution in [0.3, 0.4) is 0 Å². The van der Waals surface area contributed by atoms with E-state index in [2.05, 4.69) is 39.8 Å². The van der Waals surface area contributed by atoms with Gasteiger partial charge in [0.2, 0.25) is 0 Å². The van der Waals surface area contributed by atoms with E-state index in [1.165, 1.54) is 5.30 Å². The molecule has 2 aromatic carbocycles. The Kier molecular flexibility index (Phi) is 4.48. The van der Waals surface area contributed by atoms with Crippen molar-refractivity contribution >= 4 is 13.2 Å². The van der Waals surface area contributed by atoms with E-state index in [0.29, 0.717) is 0 Å². The molecule has 0 saturated carbocycles. The summed E-state index contributed by atoms with van der Waals surface area (Å²) in [4.78, 5) is 0. The molecule has 0 aliphatic carbocycles. The van der Waals surface area contributed by atoms with Gasteiger partial charge in [-0.1, -0.05) is 39.0 Å². The fourth-order valence-corrected chi connectivity index (χ4v) is 6.64. The van der Waals surface area contributed by atoms with Gasteiger partial charge < -0.3 is 14.2 Å². The molecule has 2 unspecified atom stereocenters. The second kappa shape index (κ2) is 6.29. The lowest BCUT2D eigenvalue weighted by Crippen LogP contribution is -2.23. The van der Waals surface area contributed by atoms with Gasteiger partial charge in [-0.15, -0.1) is 0 Å². The summed E-state index contributed by atoms with van der Waals surface area (Å²) in [7, 11) is 2.93. The van der Waals surface area contributed by atoms with Crippen LogP contribution in [0.15, 0.2) is 36.4 Å². The Balaban J connectivity index is 2.29. The van der Waals surface area contributed by atoms with E-state index in [1.807, 2.05) is 24.3 Å². The standard InChI is InChI=1S/C20H25O3P/c1-13-23-17-12-7-9-14(19(17)24(13)20(2,3)4)18-15(21-5)10-8-11-16(18)22-6/h7-13H,1-6H3. The van der Waals surface area contributed by atoms with Gasteiger partial charge in [-0.2, -0.15) is 0 Å². The molecule has 0 saturated heterocycles. The summed E-state index contributed by atoms with van der Waals surface area (Å²) in [5.74, 6) is 2.85. The van der Waals surface area contributed by atoms with Gasteiger partial charge >= 0.3 is 0 Å². The molecular formula is C20H25O3P. The molecule has 0 bridgehead atoms. The zero-order valence-corrected chi connectivity index (χ0v) is 16.1. The highest BCUT2D eigenvalue weighted by atomic mass is 31.1. The van der Waals surface area contributed by atoms with Crippen molar-refractivity contribution in [1.29, 1.82) is 0 Å². The molecule has 0 spiro atoms. The minimum atomic E-state index is -0.476. The minimum Gasteiger partial charge on any atom is -0.496 e. The Hall–Kier alpha value is -1.73. The van der Waals surface area contributed by atoms with Gasteiger partial charge in [0, 0.05) is 10.9 Å².